The fraction of sp³-hybridized carbons (Fsp3) is 0.350. The number of nitrogens with zero attached hydrogens (tertiary/aromatic N) is 2. The van der Waals surface area contributed by atoms with Gasteiger partial charge in [-0.25, -0.2) is 0 Å². The number of ether oxygens (including phenoxy) is 1. The van der Waals surface area contributed by atoms with Gasteiger partial charge >= 0.3 is 0 Å². The number of hydrogen-bond acceptors (Lipinski definition) is 5. The van der Waals surface area contributed by atoms with Crippen LogP contribution in [0.1, 0.15) is 36.8 Å². The molecule has 2 aromatic rings. The Morgan fingerprint density at radius 1 is 1.41 bits per heavy atom. The fourth-order valence-corrected chi connectivity index (χ4v) is 3.99. The van der Waals surface area contributed by atoms with E-state index in [2.05, 4.69) is 23.8 Å². The number of amides is 1. The SMILES string of the molecule is C=CCOc1ccccc1[C@H]1CC(=O)Nc2c1c(=O)nc(SCCC)n2C. The van der Waals surface area contributed by atoms with Crippen LogP contribution in [0, 0.1) is 0 Å². The number of fused-ring (bicyclic) bond motifs is 1. The first kappa shape index (κ1) is 19.2. The molecule has 0 spiro atoms. The number of nitrogens with one attached hydrogen (secondary N) is 1. The molecule has 0 saturated carbocycles. The first-order chi connectivity index (χ1) is 13.1. The molecule has 1 atom stereocenters. The molecule has 0 fully saturated rings. The van der Waals surface area contributed by atoms with E-state index in [4.69, 9.17) is 4.74 Å². The van der Waals surface area contributed by atoms with Crippen LogP contribution >= 0.6 is 11.8 Å². The van der Waals surface area contributed by atoms with Crippen LogP contribution in [0.2, 0.25) is 0 Å². The van der Waals surface area contributed by atoms with Gasteiger partial charge in [-0.1, -0.05) is 49.5 Å². The lowest BCUT2D eigenvalue weighted by Gasteiger charge is -2.28. The van der Waals surface area contributed by atoms with Gasteiger partial charge < -0.3 is 14.6 Å². The monoisotopic (exact) mass is 385 g/mol. The number of thioether (sulfide) groups is 1. The van der Waals surface area contributed by atoms with Crippen molar-refractivity contribution in [1.29, 1.82) is 0 Å². The Bertz CT molecular complexity index is 923. The topological polar surface area (TPSA) is 73.2 Å². The van der Waals surface area contributed by atoms with Crippen molar-refractivity contribution in [1.82, 2.24) is 9.55 Å². The minimum atomic E-state index is -0.397. The van der Waals surface area contributed by atoms with Crippen molar-refractivity contribution >= 4 is 23.5 Å². The quantitative estimate of drug-likeness (QED) is 0.450. The van der Waals surface area contributed by atoms with E-state index in [1.807, 2.05) is 31.3 Å². The van der Waals surface area contributed by atoms with Crippen molar-refractivity contribution in [3.8, 4) is 5.75 Å². The maximum atomic E-state index is 12.9. The van der Waals surface area contributed by atoms with Crippen LogP contribution < -0.4 is 15.6 Å². The van der Waals surface area contributed by atoms with Gasteiger partial charge in [0, 0.05) is 30.7 Å². The summed E-state index contributed by atoms with van der Waals surface area (Å²) in [6.45, 7) is 6.09. The molecule has 3 rings (SSSR count). The number of hydrogen-bond donors (Lipinski definition) is 1. The highest BCUT2D eigenvalue weighted by atomic mass is 32.2. The summed E-state index contributed by atoms with van der Waals surface area (Å²) in [6.07, 6.45) is 2.82. The maximum absolute atomic E-state index is 12.9. The van der Waals surface area contributed by atoms with Gasteiger partial charge in [-0.05, 0) is 12.5 Å². The van der Waals surface area contributed by atoms with Crippen LogP contribution in [0.3, 0.4) is 0 Å². The second kappa shape index (κ2) is 8.43. The van der Waals surface area contributed by atoms with Gasteiger partial charge in [-0.15, -0.1) is 0 Å². The number of benzene rings is 1. The highest BCUT2D eigenvalue weighted by Crippen LogP contribution is 2.39. The summed E-state index contributed by atoms with van der Waals surface area (Å²) < 4.78 is 7.55. The molecule has 2 heterocycles. The van der Waals surface area contributed by atoms with Crippen molar-refractivity contribution in [2.24, 2.45) is 7.05 Å². The standard InChI is InChI=1S/C20H23N3O3S/c1-4-10-26-15-9-7-6-8-13(15)14-12-16(24)21-18-17(14)19(25)22-20(23(18)3)27-11-5-2/h4,6-9,14H,1,5,10-12H2,2-3H3,(H,21,24)/t14-/m1/s1. The molecule has 1 amide bonds. The molecule has 6 nitrogen and oxygen atoms in total. The summed E-state index contributed by atoms with van der Waals surface area (Å²) in [5, 5.41) is 3.47. The number of carbonyl (C=O) groups excluding carboxylic acids is 1. The summed E-state index contributed by atoms with van der Waals surface area (Å²) in [6, 6.07) is 7.48. The molecule has 1 aliphatic rings. The highest BCUT2D eigenvalue weighted by molar-refractivity contribution is 7.99. The largest absolute Gasteiger partial charge is 0.489 e. The molecule has 1 aromatic heterocycles. The van der Waals surface area contributed by atoms with Gasteiger partial charge in [0.2, 0.25) is 5.91 Å². The lowest BCUT2D eigenvalue weighted by atomic mass is 9.86. The Labute approximate surface area is 162 Å². The molecular formula is C20H23N3O3S. The Morgan fingerprint density at radius 3 is 2.93 bits per heavy atom. The second-order valence-corrected chi connectivity index (χ2v) is 7.37. The van der Waals surface area contributed by atoms with Crippen molar-refractivity contribution in [3.63, 3.8) is 0 Å². The van der Waals surface area contributed by atoms with Crippen LogP contribution in [-0.4, -0.2) is 27.8 Å². The number of carbonyl (C=O) groups is 1. The lowest BCUT2D eigenvalue weighted by molar-refractivity contribution is -0.116. The van der Waals surface area contributed by atoms with E-state index in [1.165, 1.54) is 11.8 Å². The van der Waals surface area contributed by atoms with E-state index < -0.39 is 5.92 Å². The van der Waals surface area contributed by atoms with Crippen molar-refractivity contribution in [2.45, 2.75) is 30.8 Å². The van der Waals surface area contributed by atoms with Crippen molar-refractivity contribution in [2.75, 3.05) is 17.7 Å². The number of rotatable bonds is 7. The molecule has 0 saturated heterocycles. The smallest absolute Gasteiger partial charge is 0.279 e. The van der Waals surface area contributed by atoms with Crippen LogP contribution in [0.15, 0.2) is 46.9 Å². The van der Waals surface area contributed by atoms with E-state index >= 15 is 0 Å². The average molecular weight is 385 g/mol. The third-order valence-corrected chi connectivity index (χ3v) is 5.62. The predicted octanol–water partition coefficient (Wildman–Crippen LogP) is 3.32. The van der Waals surface area contributed by atoms with Gasteiger partial charge in [-0.3, -0.25) is 9.59 Å². The molecule has 0 unspecified atom stereocenters. The molecule has 0 radical (unpaired) electrons. The maximum Gasteiger partial charge on any atom is 0.279 e. The Hall–Kier alpha value is -2.54. The van der Waals surface area contributed by atoms with Gasteiger partial charge in [0.25, 0.3) is 5.56 Å². The summed E-state index contributed by atoms with van der Waals surface area (Å²) in [7, 11) is 1.83. The minimum Gasteiger partial charge on any atom is -0.489 e. The molecule has 1 aliphatic heterocycles. The summed E-state index contributed by atoms with van der Waals surface area (Å²) in [5.74, 6) is 1.50. The van der Waals surface area contributed by atoms with Gasteiger partial charge in [0.05, 0.1) is 5.56 Å². The molecule has 0 aliphatic carbocycles. The van der Waals surface area contributed by atoms with E-state index in [0.717, 1.165) is 17.7 Å². The second-order valence-electron chi connectivity index (χ2n) is 6.31. The Kier molecular flexibility index (Phi) is 6.01. The molecule has 7 heteroatoms. The zero-order valence-electron chi connectivity index (χ0n) is 15.5. The summed E-state index contributed by atoms with van der Waals surface area (Å²) in [5.41, 5.74) is 1.01. The third-order valence-electron chi connectivity index (χ3n) is 4.39. The first-order valence-corrected chi connectivity index (χ1v) is 9.91. The molecular weight excluding hydrogens is 362 g/mol. The van der Waals surface area contributed by atoms with E-state index in [-0.39, 0.29) is 17.9 Å². The van der Waals surface area contributed by atoms with Crippen LogP contribution in [0.5, 0.6) is 5.75 Å². The average Bonchev–Trinajstić information content (AvgIpc) is 2.67. The predicted molar refractivity (Wildman–Crippen MR) is 108 cm³/mol. The van der Waals surface area contributed by atoms with Crippen molar-refractivity contribution < 1.29 is 9.53 Å². The van der Waals surface area contributed by atoms with Crippen LogP contribution in [-0.2, 0) is 11.8 Å². The number of aromatic nitrogens is 2. The van der Waals surface area contributed by atoms with Gasteiger partial charge in [0.15, 0.2) is 5.16 Å². The zero-order chi connectivity index (χ0) is 19.4. The summed E-state index contributed by atoms with van der Waals surface area (Å²) >= 11 is 1.51. The van der Waals surface area contributed by atoms with Crippen LogP contribution in [0.4, 0.5) is 5.82 Å². The minimum absolute atomic E-state index is 0.126. The Morgan fingerprint density at radius 2 is 2.19 bits per heavy atom. The van der Waals surface area contributed by atoms with E-state index in [1.54, 1.807) is 10.6 Å². The molecule has 1 N–H and O–H groups in total. The summed E-state index contributed by atoms with van der Waals surface area (Å²) in [4.78, 5) is 29.6. The van der Waals surface area contributed by atoms with Gasteiger partial charge in [-0.2, -0.15) is 4.98 Å². The van der Waals surface area contributed by atoms with E-state index in [9.17, 15) is 9.59 Å². The fourth-order valence-electron chi connectivity index (χ4n) is 3.17. The zero-order valence-corrected chi connectivity index (χ0v) is 16.3. The first-order valence-electron chi connectivity index (χ1n) is 8.93. The Balaban J connectivity index is 2.12. The highest BCUT2D eigenvalue weighted by Gasteiger charge is 2.33. The third kappa shape index (κ3) is 3.93. The van der Waals surface area contributed by atoms with Gasteiger partial charge in [0.1, 0.15) is 18.2 Å². The lowest BCUT2D eigenvalue weighted by Crippen LogP contribution is -2.33. The number of anilines is 1. The molecule has 1 aromatic carbocycles. The molecule has 27 heavy (non-hydrogen) atoms. The van der Waals surface area contributed by atoms with E-state index in [0.29, 0.717) is 28.9 Å². The van der Waals surface area contributed by atoms with Crippen LogP contribution in [0.25, 0.3) is 0 Å². The number of para-hydroxylation sites is 1. The molecule has 0 bridgehead atoms. The normalized spacial score (nSPS) is 15.8. The van der Waals surface area contributed by atoms with Crippen molar-refractivity contribution in [3.05, 3.63) is 58.4 Å². The molecule has 142 valence electrons.